The van der Waals surface area contributed by atoms with Crippen LogP contribution >= 0.6 is 11.8 Å². The van der Waals surface area contributed by atoms with Crippen molar-refractivity contribution in [2.24, 2.45) is 0 Å². The van der Waals surface area contributed by atoms with Gasteiger partial charge in [0.05, 0.1) is 4.92 Å². The molecule has 0 saturated heterocycles. The number of rotatable bonds is 6. The molecule has 0 fully saturated rings. The normalized spacial score (nSPS) is 10.8. The molecule has 128 valence electrons. The molecule has 0 aliphatic rings. The Kier molecular flexibility index (Phi) is 5.04. The van der Waals surface area contributed by atoms with Gasteiger partial charge in [-0.15, -0.1) is 0 Å². The van der Waals surface area contributed by atoms with Crippen LogP contribution in [0.5, 0.6) is 0 Å². The molecule has 3 rings (SSSR count). The maximum absolute atomic E-state index is 12.4. The molecule has 0 amide bonds. The van der Waals surface area contributed by atoms with Gasteiger partial charge >= 0.3 is 5.97 Å². The molecular weight excluding hydrogens is 342 g/mol. The monoisotopic (exact) mass is 357 g/mol. The molecule has 3 aromatic rings. The number of nitrogens with zero attached hydrogens (tertiary/aromatic N) is 1. The first-order valence-corrected chi connectivity index (χ1v) is 8.89. The molecule has 0 aliphatic heterocycles. The second-order valence-electron chi connectivity index (χ2n) is 5.34. The molecular formula is C18H15NO5S. The fraction of sp³-hybridized carbons (Fsp3) is 0.167. The zero-order valence-electron chi connectivity index (χ0n) is 13.4. The second kappa shape index (κ2) is 7.40. The van der Waals surface area contributed by atoms with Crippen molar-refractivity contribution in [3.05, 3.63) is 75.5 Å². The average molecular weight is 357 g/mol. The number of esters is 1. The lowest BCUT2D eigenvalue weighted by atomic mass is 10.1. The minimum atomic E-state index is -0.543. The number of ether oxygens (including phenoxy) is 1. The van der Waals surface area contributed by atoms with Crippen LogP contribution in [0.3, 0.4) is 0 Å². The van der Waals surface area contributed by atoms with Crippen LogP contribution in [0.4, 0.5) is 5.69 Å². The van der Waals surface area contributed by atoms with Gasteiger partial charge in [-0.05, 0) is 30.0 Å². The number of nitro benzene ring substituents is 1. The number of hydrogen-bond donors (Lipinski definition) is 0. The van der Waals surface area contributed by atoms with E-state index in [-0.39, 0.29) is 18.1 Å². The maximum atomic E-state index is 12.4. The van der Waals surface area contributed by atoms with Crippen LogP contribution in [0.1, 0.15) is 21.7 Å². The zero-order valence-corrected chi connectivity index (χ0v) is 14.2. The number of thioether (sulfide) groups is 1. The highest BCUT2D eigenvalue weighted by Crippen LogP contribution is 2.29. The van der Waals surface area contributed by atoms with E-state index < -0.39 is 10.9 Å². The molecule has 0 radical (unpaired) electrons. The minimum absolute atomic E-state index is 0.00498. The molecule has 2 aromatic carbocycles. The van der Waals surface area contributed by atoms with Gasteiger partial charge in [0.15, 0.2) is 0 Å². The summed E-state index contributed by atoms with van der Waals surface area (Å²) < 4.78 is 11.0. The van der Waals surface area contributed by atoms with E-state index in [1.165, 1.54) is 12.1 Å². The summed E-state index contributed by atoms with van der Waals surface area (Å²) in [5, 5.41) is 11.6. The summed E-state index contributed by atoms with van der Waals surface area (Å²) >= 11 is 1.59. The Balaban J connectivity index is 1.78. The van der Waals surface area contributed by atoms with E-state index in [0.717, 1.165) is 10.9 Å². The van der Waals surface area contributed by atoms with Gasteiger partial charge in [-0.1, -0.05) is 18.2 Å². The number of nitro groups is 1. The highest BCUT2D eigenvalue weighted by Gasteiger charge is 2.21. The van der Waals surface area contributed by atoms with Gasteiger partial charge < -0.3 is 9.15 Å². The number of carbonyl (C=O) groups excluding carboxylic acids is 1. The highest BCUT2D eigenvalue weighted by atomic mass is 32.2. The highest BCUT2D eigenvalue weighted by molar-refractivity contribution is 7.97. The van der Waals surface area contributed by atoms with E-state index in [2.05, 4.69) is 0 Å². The maximum Gasteiger partial charge on any atom is 0.374 e. The van der Waals surface area contributed by atoms with Crippen molar-refractivity contribution in [2.45, 2.75) is 12.4 Å². The van der Waals surface area contributed by atoms with Gasteiger partial charge in [0, 0.05) is 28.8 Å². The number of para-hydroxylation sites is 1. The van der Waals surface area contributed by atoms with Gasteiger partial charge in [-0.3, -0.25) is 10.1 Å². The van der Waals surface area contributed by atoms with E-state index in [1.54, 1.807) is 23.9 Å². The topological polar surface area (TPSA) is 82.6 Å². The van der Waals surface area contributed by atoms with Crippen LogP contribution in [0.25, 0.3) is 11.0 Å². The Hall–Kier alpha value is -2.80. The van der Waals surface area contributed by atoms with E-state index in [9.17, 15) is 14.9 Å². The molecule has 1 aromatic heterocycles. The molecule has 0 unspecified atom stereocenters. The Morgan fingerprint density at radius 1 is 1.20 bits per heavy atom. The predicted molar refractivity (Wildman–Crippen MR) is 95.6 cm³/mol. The van der Waals surface area contributed by atoms with Crippen molar-refractivity contribution in [3.8, 4) is 0 Å². The third kappa shape index (κ3) is 3.66. The lowest BCUT2D eigenvalue weighted by molar-refractivity contribution is -0.384. The van der Waals surface area contributed by atoms with Crippen LogP contribution in [0.15, 0.2) is 52.9 Å². The minimum Gasteiger partial charge on any atom is -0.455 e. The van der Waals surface area contributed by atoms with E-state index in [0.29, 0.717) is 16.9 Å². The van der Waals surface area contributed by atoms with Gasteiger partial charge in [-0.2, -0.15) is 11.8 Å². The Labute approximate surface area is 147 Å². The summed E-state index contributed by atoms with van der Waals surface area (Å²) in [5.74, 6) is 0.301. The Bertz CT molecular complexity index is 917. The Morgan fingerprint density at radius 3 is 2.60 bits per heavy atom. The van der Waals surface area contributed by atoms with Crippen molar-refractivity contribution >= 4 is 34.4 Å². The van der Waals surface area contributed by atoms with Crippen molar-refractivity contribution < 1.29 is 18.9 Å². The van der Waals surface area contributed by atoms with Crippen LogP contribution in [0, 0.1) is 10.1 Å². The third-order valence-corrected chi connectivity index (χ3v) is 4.27. The van der Waals surface area contributed by atoms with Gasteiger partial charge in [0.1, 0.15) is 12.2 Å². The smallest absolute Gasteiger partial charge is 0.374 e. The molecule has 0 spiro atoms. The molecule has 25 heavy (non-hydrogen) atoms. The number of benzene rings is 2. The van der Waals surface area contributed by atoms with Gasteiger partial charge in [0.2, 0.25) is 5.76 Å². The number of hydrogen-bond acceptors (Lipinski definition) is 6. The standard InChI is InChI=1S/C18H15NO5S/c1-25-11-15-14-4-2-3-5-16(14)24-17(15)18(20)23-10-12-6-8-13(9-7-12)19(21)22/h2-9H,10-11H2,1H3. The van der Waals surface area contributed by atoms with Crippen molar-refractivity contribution in [3.63, 3.8) is 0 Å². The molecule has 0 saturated carbocycles. The zero-order chi connectivity index (χ0) is 17.8. The third-order valence-electron chi connectivity index (χ3n) is 3.69. The lowest BCUT2D eigenvalue weighted by Gasteiger charge is -2.05. The summed E-state index contributed by atoms with van der Waals surface area (Å²) in [6.45, 7) is 0.0204. The van der Waals surface area contributed by atoms with E-state index in [1.807, 2.05) is 30.5 Å². The van der Waals surface area contributed by atoms with Crippen LogP contribution in [-0.4, -0.2) is 17.1 Å². The molecule has 0 N–H and O–H groups in total. The first-order chi connectivity index (χ1) is 12.1. The van der Waals surface area contributed by atoms with E-state index >= 15 is 0 Å². The van der Waals surface area contributed by atoms with Crippen molar-refractivity contribution in [2.75, 3.05) is 6.26 Å². The van der Waals surface area contributed by atoms with Gasteiger partial charge in [0.25, 0.3) is 5.69 Å². The summed E-state index contributed by atoms with van der Waals surface area (Å²) in [5.41, 5.74) is 2.13. The predicted octanol–water partition coefficient (Wildman–Crippen LogP) is 4.56. The number of carbonyl (C=O) groups is 1. The molecule has 7 heteroatoms. The summed E-state index contributed by atoms with van der Waals surface area (Å²) in [6, 6.07) is 13.4. The fourth-order valence-electron chi connectivity index (χ4n) is 2.48. The first-order valence-electron chi connectivity index (χ1n) is 7.50. The first kappa shape index (κ1) is 17.0. The van der Waals surface area contributed by atoms with E-state index in [4.69, 9.17) is 9.15 Å². The number of furan rings is 1. The fourth-order valence-corrected chi connectivity index (χ4v) is 3.05. The number of non-ortho nitro benzene ring substituents is 1. The average Bonchev–Trinajstić information content (AvgIpc) is 2.99. The second-order valence-corrected chi connectivity index (χ2v) is 6.20. The molecule has 6 nitrogen and oxygen atoms in total. The number of fused-ring (bicyclic) bond motifs is 1. The van der Waals surface area contributed by atoms with Crippen LogP contribution in [0.2, 0.25) is 0 Å². The Morgan fingerprint density at radius 2 is 1.92 bits per heavy atom. The quantitative estimate of drug-likeness (QED) is 0.365. The van der Waals surface area contributed by atoms with Crippen LogP contribution in [-0.2, 0) is 17.1 Å². The van der Waals surface area contributed by atoms with Crippen molar-refractivity contribution in [1.29, 1.82) is 0 Å². The molecule has 0 aliphatic carbocycles. The van der Waals surface area contributed by atoms with Crippen molar-refractivity contribution in [1.82, 2.24) is 0 Å². The SMILES string of the molecule is CSCc1c(C(=O)OCc2ccc([N+](=O)[O-])cc2)oc2ccccc12. The van der Waals surface area contributed by atoms with Crippen LogP contribution < -0.4 is 0 Å². The lowest BCUT2D eigenvalue weighted by Crippen LogP contribution is -2.06. The molecule has 0 bridgehead atoms. The summed E-state index contributed by atoms with van der Waals surface area (Å²) in [6.07, 6.45) is 1.95. The molecule has 1 heterocycles. The van der Waals surface area contributed by atoms with Gasteiger partial charge in [-0.25, -0.2) is 4.79 Å². The summed E-state index contributed by atoms with van der Waals surface area (Å²) in [4.78, 5) is 22.6. The largest absolute Gasteiger partial charge is 0.455 e. The summed E-state index contributed by atoms with van der Waals surface area (Å²) in [7, 11) is 0. The molecule has 0 atom stereocenters.